The van der Waals surface area contributed by atoms with Gasteiger partial charge >= 0.3 is 5.97 Å². The lowest BCUT2D eigenvalue weighted by molar-refractivity contribution is 0.00690. The van der Waals surface area contributed by atoms with E-state index in [1.165, 1.54) is 0 Å². The minimum Gasteiger partial charge on any atom is -0.456 e. The monoisotopic (exact) mass is 283 g/mol. The number of carbonyl (C=O) groups is 1. The quantitative estimate of drug-likeness (QED) is 0.639. The molecule has 108 valence electrons. The molecule has 0 amide bonds. The number of esters is 1. The predicted octanol–water partition coefficient (Wildman–Crippen LogP) is 3.76. The van der Waals surface area contributed by atoms with E-state index in [4.69, 9.17) is 10.5 Å². The summed E-state index contributed by atoms with van der Waals surface area (Å²) < 4.78 is 5.42. The highest BCUT2D eigenvalue weighted by Crippen LogP contribution is 2.22. The van der Waals surface area contributed by atoms with Crippen molar-refractivity contribution in [2.75, 3.05) is 0 Å². The summed E-state index contributed by atoms with van der Waals surface area (Å²) in [7, 11) is 0. The van der Waals surface area contributed by atoms with Crippen LogP contribution in [0.2, 0.25) is 0 Å². The van der Waals surface area contributed by atoms with Crippen LogP contribution < -0.4 is 5.73 Å². The Morgan fingerprint density at radius 3 is 2.68 bits per heavy atom. The zero-order valence-electron chi connectivity index (χ0n) is 12.4. The summed E-state index contributed by atoms with van der Waals surface area (Å²) >= 11 is 1.63. The van der Waals surface area contributed by atoms with Crippen molar-refractivity contribution in [3.63, 3.8) is 0 Å². The highest BCUT2D eigenvalue weighted by molar-refractivity contribution is 7.10. The van der Waals surface area contributed by atoms with Crippen molar-refractivity contribution in [2.45, 2.75) is 65.0 Å². The number of ether oxygens (including phenoxy) is 1. The van der Waals surface area contributed by atoms with Gasteiger partial charge in [0.1, 0.15) is 5.60 Å². The van der Waals surface area contributed by atoms with Gasteiger partial charge in [0, 0.05) is 10.9 Å². The van der Waals surface area contributed by atoms with Crippen molar-refractivity contribution in [1.82, 2.24) is 0 Å². The molecule has 0 aliphatic heterocycles. The van der Waals surface area contributed by atoms with E-state index in [0.29, 0.717) is 0 Å². The topological polar surface area (TPSA) is 52.3 Å². The molecular weight excluding hydrogens is 258 g/mol. The summed E-state index contributed by atoms with van der Waals surface area (Å²) in [6.45, 7) is 7.69. The molecule has 0 radical (unpaired) electrons. The van der Waals surface area contributed by atoms with Crippen molar-refractivity contribution < 1.29 is 9.53 Å². The molecule has 3 nitrogen and oxygen atoms in total. The Morgan fingerprint density at radius 2 is 2.11 bits per heavy atom. The number of aryl methyl sites for hydroxylation is 1. The lowest BCUT2D eigenvalue weighted by Gasteiger charge is -2.19. The highest BCUT2D eigenvalue weighted by atomic mass is 32.1. The van der Waals surface area contributed by atoms with Crippen LogP contribution in [-0.4, -0.2) is 17.6 Å². The van der Waals surface area contributed by atoms with E-state index < -0.39 is 5.60 Å². The molecule has 2 N–H and O–H groups in total. The predicted molar refractivity (Wildman–Crippen MR) is 80.7 cm³/mol. The van der Waals surface area contributed by atoms with Gasteiger partial charge in [0.15, 0.2) is 0 Å². The maximum Gasteiger partial charge on any atom is 0.339 e. The first-order chi connectivity index (χ1) is 8.79. The lowest BCUT2D eigenvalue weighted by Crippen LogP contribution is -2.24. The van der Waals surface area contributed by atoms with Gasteiger partial charge in [0.2, 0.25) is 0 Å². The molecule has 0 aliphatic rings. The molecule has 1 atom stereocenters. The first kappa shape index (κ1) is 16.2. The Balaban J connectivity index is 2.53. The first-order valence-electron chi connectivity index (χ1n) is 6.85. The molecule has 0 aliphatic carbocycles. The largest absolute Gasteiger partial charge is 0.456 e. The van der Waals surface area contributed by atoms with Gasteiger partial charge in [0.25, 0.3) is 0 Å². The van der Waals surface area contributed by atoms with Gasteiger partial charge in [-0.1, -0.05) is 6.42 Å². The third-order valence-corrected chi connectivity index (χ3v) is 3.66. The van der Waals surface area contributed by atoms with E-state index in [2.05, 4.69) is 0 Å². The summed E-state index contributed by atoms with van der Waals surface area (Å²) in [5, 5.41) is 1.96. The van der Waals surface area contributed by atoms with Crippen molar-refractivity contribution in [2.24, 2.45) is 5.73 Å². The normalized spacial score (nSPS) is 13.3. The smallest absolute Gasteiger partial charge is 0.339 e. The molecule has 0 saturated heterocycles. The number of carbonyl (C=O) groups excluding carboxylic acids is 1. The molecule has 1 aromatic rings. The van der Waals surface area contributed by atoms with Gasteiger partial charge in [0.05, 0.1) is 5.56 Å². The standard InChI is InChI=1S/C15H25NO2S/c1-11(16)7-5-6-8-13-12(9-10-19-13)14(17)18-15(2,3)4/h9-11H,5-8,16H2,1-4H3. The lowest BCUT2D eigenvalue weighted by atomic mass is 10.1. The molecule has 4 heteroatoms. The second kappa shape index (κ2) is 7.06. The van der Waals surface area contributed by atoms with Gasteiger partial charge in [-0.15, -0.1) is 11.3 Å². The van der Waals surface area contributed by atoms with E-state index in [1.54, 1.807) is 11.3 Å². The minimum atomic E-state index is -0.439. The van der Waals surface area contributed by atoms with Gasteiger partial charge < -0.3 is 10.5 Å². The highest BCUT2D eigenvalue weighted by Gasteiger charge is 2.20. The summed E-state index contributed by atoms with van der Waals surface area (Å²) in [6, 6.07) is 2.12. The van der Waals surface area contributed by atoms with Crippen LogP contribution in [0.5, 0.6) is 0 Å². The van der Waals surface area contributed by atoms with Crippen LogP contribution in [0.15, 0.2) is 11.4 Å². The average molecular weight is 283 g/mol. The second-order valence-electron chi connectivity index (χ2n) is 5.98. The number of unbranched alkanes of at least 4 members (excludes halogenated alkanes) is 1. The number of rotatable bonds is 6. The average Bonchev–Trinajstić information content (AvgIpc) is 2.69. The van der Waals surface area contributed by atoms with Crippen LogP contribution in [0.4, 0.5) is 0 Å². The molecule has 0 saturated carbocycles. The summed E-state index contributed by atoms with van der Waals surface area (Å²) in [5.41, 5.74) is 6.01. The van der Waals surface area contributed by atoms with Gasteiger partial charge in [-0.2, -0.15) is 0 Å². The Morgan fingerprint density at radius 1 is 1.42 bits per heavy atom. The van der Waals surface area contributed by atoms with E-state index >= 15 is 0 Å². The maximum atomic E-state index is 12.0. The van der Waals surface area contributed by atoms with E-state index in [-0.39, 0.29) is 12.0 Å². The molecule has 0 bridgehead atoms. The van der Waals surface area contributed by atoms with E-state index in [1.807, 2.05) is 39.1 Å². The maximum absolute atomic E-state index is 12.0. The van der Waals surface area contributed by atoms with E-state index in [0.717, 1.165) is 36.1 Å². The molecule has 0 fully saturated rings. The SMILES string of the molecule is CC(N)CCCCc1sccc1C(=O)OC(C)(C)C. The molecule has 0 spiro atoms. The third-order valence-electron chi connectivity index (χ3n) is 2.68. The van der Waals surface area contributed by atoms with Gasteiger partial charge in [-0.05, 0) is 58.4 Å². The molecule has 0 aromatic carbocycles. The zero-order chi connectivity index (χ0) is 14.5. The van der Waals surface area contributed by atoms with Crippen LogP contribution in [0.1, 0.15) is 62.2 Å². The fraction of sp³-hybridized carbons (Fsp3) is 0.667. The first-order valence-corrected chi connectivity index (χ1v) is 7.73. The third kappa shape index (κ3) is 6.21. The Labute approximate surface area is 120 Å². The van der Waals surface area contributed by atoms with Crippen LogP contribution in [-0.2, 0) is 11.2 Å². The zero-order valence-corrected chi connectivity index (χ0v) is 13.2. The minimum absolute atomic E-state index is 0.212. The second-order valence-corrected chi connectivity index (χ2v) is 6.98. The number of thiophene rings is 1. The fourth-order valence-electron chi connectivity index (χ4n) is 1.80. The fourth-order valence-corrected chi connectivity index (χ4v) is 2.71. The number of nitrogens with two attached hydrogens (primary N) is 1. The van der Waals surface area contributed by atoms with Gasteiger partial charge in [-0.25, -0.2) is 4.79 Å². The number of hydrogen-bond acceptors (Lipinski definition) is 4. The Hall–Kier alpha value is -0.870. The molecule has 1 heterocycles. The Bertz CT molecular complexity index is 405. The van der Waals surface area contributed by atoms with Crippen molar-refractivity contribution in [3.05, 3.63) is 21.9 Å². The molecule has 1 aromatic heterocycles. The van der Waals surface area contributed by atoms with Crippen LogP contribution in [0.3, 0.4) is 0 Å². The molecular formula is C15H25NO2S. The molecule has 1 rings (SSSR count). The molecule has 1 unspecified atom stereocenters. The number of hydrogen-bond donors (Lipinski definition) is 1. The molecule has 19 heavy (non-hydrogen) atoms. The summed E-state index contributed by atoms with van der Waals surface area (Å²) in [4.78, 5) is 13.2. The van der Waals surface area contributed by atoms with Crippen LogP contribution in [0, 0.1) is 0 Å². The van der Waals surface area contributed by atoms with Crippen molar-refractivity contribution in [1.29, 1.82) is 0 Å². The van der Waals surface area contributed by atoms with Crippen LogP contribution in [0.25, 0.3) is 0 Å². The van der Waals surface area contributed by atoms with Crippen molar-refractivity contribution >= 4 is 17.3 Å². The van der Waals surface area contributed by atoms with Crippen molar-refractivity contribution in [3.8, 4) is 0 Å². The van der Waals surface area contributed by atoms with Crippen LogP contribution >= 0.6 is 11.3 Å². The summed E-state index contributed by atoms with van der Waals surface area (Å²) in [6.07, 6.45) is 4.13. The Kier molecular flexibility index (Phi) is 6.01. The summed E-state index contributed by atoms with van der Waals surface area (Å²) in [5.74, 6) is -0.212. The van der Waals surface area contributed by atoms with E-state index in [9.17, 15) is 4.79 Å². The van der Waals surface area contributed by atoms with Gasteiger partial charge in [-0.3, -0.25) is 0 Å².